The number of carbonyl (C=O) groups excluding carboxylic acids is 1. The van der Waals surface area contributed by atoms with E-state index in [9.17, 15) is 4.79 Å². The Morgan fingerprint density at radius 2 is 2.15 bits per heavy atom. The minimum atomic E-state index is -0.152. The van der Waals surface area contributed by atoms with E-state index in [0.29, 0.717) is 19.4 Å². The molecule has 0 fully saturated rings. The van der Waals surface area contributed by atoms with E-state index in [1.807, 2.05) is 18.4 Å². The second-order valence-corrected chi connectivity index (χ2v) is 5.58. The summed E-state index contributed by atoms with van der Waals surface area (Å²) in [5.41, 5.74) is 3.57. The van der Waals surface area contributed by atoms with E-state index in [2.05, 4.69) is 30.1 Å². The van der Waals surface area contributed by atoms with Gasteiger partial charge in [-0.25, -0.2) is 4.98 Å². The summed E-state index contributed by atoms with van der Waals surface area (Å²) in [6.45, 7) is 4.38. The van der Waals surface area contributed by atoms with Crippen molar-refractivity contribution in [1.29, 1.82) is 0 Å². The molecule has 0 unspecified atom stereocenters. The lowest BCUT2D eigenvalue weighted by atomic mass is 10.1. The molecule has 0 N–H and O–H groups in total. The lowest BCUT2D eigenvalue weighted by Crippen LogP contribution is -2.05. The highest BCUT2D eigenvalue weighted by atomic mass is 32.1. The summed E-state index contributed by atoms with van der Waals surface area (Å²) in [6.07, 6.45) is 1.92. The summed E-state index contributed by atoms with van der Waals surface area (Å²) in [7, 11) is 0. The molecule has 2 rings (SSSR count). The lowest BCUT2D eigenvalue weighted by molar-refractivity contribution is -0.143. The molecule has 0 amide bonds. The minimum absolute atomic E-state index is 0.152. The fraction of sp³-hybridized carbons (Fsp3) is 0.375. The number of nitrogens with zero attached hydrogens (tertiary/aromatic N) is 1. The molecule has 0 aliphatic heterocycles. The first kappa shape index (κ1) is 14.7. The quantitative estimate of drug-likeness (QED) is 0.764. The van der Waals surface area contributed by atoms with Crippen LogP contribution in [-0.2, 0) is 22.4 Å². The lowest BCUT2D eigenvalue weighted by Gasteiger charge is -2.02. The zero-order valence-corrected chi connectivity index (χ0v) is 12.7. The Balaban J connectivity index is 1.92. The Morgan fingerprint density at radius 1 is 1.35 bits per heavy atom. The highest BCUT2D eigenvalue weighted by Gasteiger charge is 2.07. The van der Waals surface area contributed by atoms with Crippen LogP contribution in [0.2, 0.25) is 0 Å². The van der Waals surface area contributed by atoms with E-state index in [1.54, 1.807) is 11.3 Å². The van der Waals surface area contributed by atoms with Gasteiger partial charge in [-0.15, -0.1) is 11.3 Å². The van der Waals surface area contributed by atoms with E-state index in [1.165, 1.54) is 11.1 Å². The molecule has 0 spiro atoms. The maximum Gasteiger partial charge on any atom is 0.306 e. The average molecular weight is 289 g/mol. The fourth-order valence-electron chi connectivity index (χ4n) is 1.98. The van der Waals surface area contributed by atoms with Crippen molar-refractivity contribution >= 4 is 17.3 Å². The van der Waals surface area contributed by atoms with Gasteiger partial charge in [0.1, 0.15) is 0 Å². The van der Waals surface area contributed by atoms with E-state index >= 15 is 0 Å². The third-order valence-corrected chi connectivity index (χ3v) is 3.99. The van der Waals surface area contributed by atoms with Crippen LogP contribution in [0.3, 0.4) is 0 Å². The van der Waals surface area contributed by atoms with Crippen molar-refractivity contribution < 1.29 is 9.53 Å². The molecule has 0 bridgehead atoms. The van der Waals surface area contributed by atoms with Crippen LogP contribution in [0.5, 0.6) is 0 Å². The average Bonchev–Trinajstić information content (AvgIpc) is 2.87. The number of thiazole rings is 1. The summed E-state index contributed by atoms with van der Waals surface area (Å²) in [5.74, 6) is -0.152. The smallest absolute Gasteiger partial charge is 0.306 e. The van der Waals surface area contributed by atoms with Crippen molar-refractivity contribution in [2.75, 3.05) is 6.61 Å². The van der Waals surface area contributed by atoms with Gasteiger partial charge in [0.2, 0.25) is 0 Å². The third kappa shape index (κ3) is 4.17. The van der Waals surface area contributed by atoms with Gasteiger partial charge >= 0.3 is 5.97 Å². The summed E-state index contributed by atoms with van der Waals surface area (Å²) < 4.78 is 4.92. The topological polar surface area (TPSA) is 39.2 Å². The number of esters is 1. The molecule has 0 saturated heterocycles. The Bertz CT molecular complexity index is 577. The van der Waals surface area contributed by atoms with Crippen LogP contribution in [0.4, 0.5) is 0 Å². The van der Waals surface area contributed by atoms with Crippen LogP contribution in [-0.4, -0.2) is 17.6 Å². The molecular weight excluding hydrogens is 270 g/mol. The normalized spacial score (nSPS) is 10.5. The monoisotopic (exact) mass is 289 g/mol. The zero-order chi connectivity index (χ0) is 14.4. The molecule has 1 heterocycles. The molecule has 20 heavy (non-hydrogen) atoms. The van der Waals surface area contributed by atoms with Crippen LogP contribution in [0, 0.1) is 6.92 Å². The van der Waals surface area contributed by atoms with E-state index < -0.39 is 0 Å². The van der Waals surface area contributed by atoms with E-state index in [4.69, 9.17) is 4.74 Å². The number of benzene rings is 1. The van der Waals surface area contributed by atoms with Crippen molar-refractivity contribution in [3.63, 3.8) is 0 Å². The zero-order valence-electron chi connectivity index (χ0n) is 11.9. The number of carbonyl (C=O) groups is 1. The SMILES string of the molecule is CCOC(=O)CCc1csc(Cc2ccccc2C)n1. The van der Waals surface area contributed by atoms with Gasteiger partial charge < -0.3 is 4.74 Å². The molecule has 0 saturated carbocycles. The predicted molar refractivity (Wildman–Crippen MR) is 81.1 cm³/mol. The minimum Gasteiger partial charge on any atom is -0.466 e. The van der Waals surface area contributed by atoms with Crippen molar-refractivity contribution in [2.24, 2.45) is 0 Å². The largest absolute Gasteiger partial charge is 0.466 e. The molecule has 0 radical (unpaired) electrons. The number of hydrogen-bond donors (Lipinski definition) is 0. The number of rotatable bonds is 6. The van der Waals surface area contributed by atoms with E-state index in [-0.39, 0.29) is 5.97 Å². The highest BCUT2D eigenvalue weighted by Crippen LogP contribution is 2.18. The van der Waals surface area contributed by atoms with Gasteiger partial charge in [0.15, 0.2) is 0 Å². The second-order valence-electron chi connectivity index (χ2n) is 4.64. The molecule has 106 valence electrons. The number of hydrogen-bond acceptors (Lipinski definition) is 4. The molecule has 4 heteroatoms. The fourth-order valence-corrected chi connectivity index (χ4v) is 2.83. The third-order valence-electron chi connectivity index (χ3n) is 3.09. The number of aromatic nitrogens is 1. The van der Waals surface area contributed by atoms with Crippen molar-refractivity contribution in [3.05, 3.63) is 51.5 Å². The van der Waals surface area contributed by atoms with Crippen LogP contribution >= 0.6 is 11.3 Å². The van der Waals surface area contributed by atoms with Crippen LogP contribution in [0.25, 0.3) is 0 Å². The summed E-state index contributed by atoms with van der Waals surface area (Å²) in [4.78, 5) is 15.9. The molecule has 1 aromatic heterocycles. The Kier molecular flexibility index (Phi) is 5.30. The molecule has 2 aromatic rings. The van der Waals surface area contributed by atoms with Crippen LogP contribution < -0.4 is 0 Å². The van der Waals surface area contributed by atoms with Gasteiger partial charge in [-0.3, -0.25) is 4.79 Å². The van der Waals surface area contributed by atoms with Crippen LogP contribution in [0.15, 0.2) is 29.6 Å². The summed E-state index contributed by atoms with van der Waals surface area (Å²) in [6, 6.07) is 8.35. The first-order valence-electron chi connectivity index (χ1n) is 6.82. The van der Waals surface area contributed by atoms with Gasteiger partial charge in [-0.2, -0.15) is 0 Å². The summed E-state index contributed by atoms with van der Waals surface area (Å²) in [5, 5.41) is 3.13. The maximum atomic E-state index is 11.3. The molecule has 0 atom stereocenters. The Morgan fingerprint density at radius 3 is 2.90 bits per heavy atom. The standard InChI is InChI=1S/C16H19NO2S/c1-3-19-16(18)9-8-14-11-20-15(17-14)10-13-7-5-4-6-12(13)2/h4-7,11H,3,8-10H2,1-2H3. The predicted octanol–water partition coefficient (Wildman–Crippen LogP) is 3.54. The van der Waals surface area contributed by atoms with Gasteiger partial charge in [-0.1, -0.05) is 24.3 Å². The molecule has 0 aliphatic carbocycles. The molecule has 1 aromatic carbocycles. The van der Waals surface area contributed by atoms with Gasteiger partial charge in [0, 0.05) is 18.2 Å². The van der Waals surface area contributed by atoms with Gasteiger partial charge in [0.05, 0.1) is 23.7 Å². The van der Waals surface area contributed by atoms with Crippen molar-refractivity contribution in [1.82, 2.24) is 4.98 Å². The number of aryl methyl sites for hydroxylation is 2. The first-order chi connectivity index (χ1) is 9.69. The number of ether oxygens (including phenoxy) is 1. The van der Waals surface area contributed by atoms with Gasteiger partial charge in [0.25, 0.3) is 0 Å². The van der Waals surface area contributed by atoms with Crippen molar-refractivity contribution in [2.45, 2.75) is 33.1 Å². The van der Waals surface area contributed by atoms with E-state index in [0.717, 1.165) is 17.1 Å². The van der Waals surface area contributed by atoms with Gasteiger partial charge in [-0.05, 0) is 25.0 Å². The Labute approximate surface area is 123 Å². The molecule has 3 nitrogen and oxygen atoms in total. The highest BCUT2D eigenvalue weighted by molar-refractivity contribution is 7.09. The second kappa shape index (κ2) is 7.20. The summed E-state index contributed by atoms with van der Waals surface area (Å²) >= 11 is 1.65. The maximum absolute atomic E-state index is 11.3. The van der Waals surface area contributed by atoms with Crippen LogP contribution in [0.1, 0.15) is 35.2 Å². The molecular formula is C16H19NO2S. The van der Waals surface area contributed by atoms with Crippen molar-refractivity contribution in [3.8, 4) is 0 Å². The Hall–Kier alpha value is -1.68. The first-order valence-corrected chi connectivity index (χ1v) is 7.70. The molecule has 0 aliphatic rings.